The molecule has 3 atom stereocenters. The predicted octanol–water partition coefficient (Wildman–Crippen LogP) is 3.14. The lowest BCUT2D eigenvalue weighted by atomic mass is 10.1. The van der Waals surface area contributed by atoms with E-state index in [9.17, 15) is 4.39 Å². The molecule has 0 amide bonds. The van der Waals surface area contributed by atoms with Crippen molar-refractivity contribution >= 4 is 29.9 Å². The Hall–Kier alpha value is -0.970. The predicted molar refractivity (Wildman–Crippen MR) is 129 cm³/mol. The number of halogens is 2. The molecule has 0 saturated carbocycles. The zero-order valence-electron chi connectivity index (χ0n) is 18.3. The van der Waals surface area contributed by atoms with Crippen LogP contribution >= 0.6 is 24.0 Å². The van der Waals surface area contributed by atoms with Crippen LogP contribution in [-0.2, 0) is 9.47 Å². The summed E-state index contributed by atoms with van der Waals surface area (Å²) in [5.41, 5.74) is 1.000. The van der Waals surface area contributed by atoms with E-state index < -0.39 is 0 Å². The molecule has 2 fully saturated rings. The number of ether oxygens (including phenoxy) is 2. The highest BCUT2D eigenvalue weighted by Crippen LogP contribution is 2.25. The largest absolute Gasteiger partial charge is 0.379 e. The topological polar surface area (TPSA) is 49.3 Å². The number of benzene rings is 1. The third kappa shape index (κ3) is 7.62. The summed E-state index contributed by atoms with van der Waals surface area (Å²) in [5.74, 6) is 1.19. The molecule has 2 heterocycles. The Morgan fingerprint density at radius 3 is 2.60 bits per heavy atom. The SMILES string of the molecule is CCNC(=NCC(C)CN1CCOCC1)N1CC(C)OC(c2ccc(F)cc2)C1.I. The van der Waals surface area contributed by atoms with Crippen LogP contribution in [0.4, 0.5) is 4.39 Å². The van der Waals surface area contributed by atoms with E-state index in [2.05, 4.69) is 35.9 Å². The average molecular weight is 534 g/mol. The second-order valence-electron chi connectivity index (χ2n) is 8.10. The summed E-state index contributed by atoms with van der Waals surface area (Å²) < 4.78 is 24.9. The van der Waals surface area contributed by atoms with Crippen LogP contribution in [0.5, 0.6) is 0 Å². The number of nitrogens with one attached hydrogen (secondary N) is 1. The summed E-state index contributed by atoms with van der Waals surface area (Å²) in [5, 5.41) is 3.44. The lowest BCUT2D eigenvalue weighted by Crippen LogP contribution is -2.51. The maximum atomic E-state index is 13.3. The van der Waals surface area contributed by atoms with Crippen molar-refractivity contribution in [2.75, 3.05) is 59.0 Å². The molecule has 170 valence electrons. The van der Waals surface area contributed by atoms with Crippen LogP contribution in [0.2, 0.25) is 0 Å². The molecular weight excluding hydrogens is 498 g/mol. The molecule has 2 aliphatic rings. The first-order valence-electron chi connectivity index (χ1n) is 10.8. The van der Waals surface area contributed by atoms with E-state index in [1.807, 2.05) is 12.1 Å². The fourth-order valence-corrected chi connectivity index (χ4v) is 3.94. The van der Waals surface area contributed by atoms with Gasteiger partial charge in [0.1, 0.15) is 11.9 Å². The monoisotopic (exact) mass is 534 g/mol. The first kappa shape index (κ1) is 25.3. The summed E-state index contributed by atoms with van der Waals surface area (Å²) in [6.45, 7) is 14.3. The van der Waals surface area contributed by atoms with Gasteiger partial charge in [-0.25, -0.2) is 4.39 Å². The molecule has 6 nitrogen and oxygen atoms in total. The molecule has 0 bridgehead atoms. The van der Waals surface area contributed by atoms with Crippen LogP contribution in [0.1, 0.15) is 32.4 Å². The van der Waals surface area contributed by atoms with Crippen LogP contribution < -0.4 is 5.32 Å². The second kappa shape index (κ2) is 12.8. The Morgan fingerprint density at radius 1 is 1.23 bits per heavy atom. The summed E-state index contributed by atoms with van der Waals surface area (Å²) in [6, 6.07) is 6.61. The van der Waals surface area contributed by atoms with Gasteiger partial charge >= 0.3 is 0 Å². The first-order valence-corrected chi connectivity index (χ1v) is 10.8. The number of morpholine rings is 2. The number of hydrogen-bond donors (Lipinski definition) is 1. The zero-order valence-corrected chi connectivity index (χ0v) is 20.7. The molecule has 0 aliphatic carbocycles. The van der Waals surface area contributed by atoms with Gasteiger partial charge in [-0.3, -0.25) is 9.89 Å². The molecular formula is C22H36FIN4O2. The van der Waals surface area contributed by atoms with Gasteiger partial charge in [0.2, 0.25) is 0 Å². The molecule has 1 aromatic rings. The minimum Gasteiger partial charge on any atom is -0.379 e. The van der Waals surface area contributed by atoms with Crippen LogP contribution in [0.25, 0.3) is 0 Å². The molecule has 1 N–H and O–H groups in total. The highest BCUT2D eigenvalue weighted by molar-refractivity contribution is 14.0. The van der Waals surface area contributed by atoms with Gasteiger partial charge in [-0.15, -0.1) is 24.0 Å². The number of hydrogen-bond acceptors (Lipinski definition) is 4. The van der Waals surface area contributed by atoms with Gasteiger partial charge < -0.3 is 19.7 Å². The maximum absolute atomic E-state index is 13.3. The lowest BCUT2D eigenvalue weighted by molar-refractivity contribution is -0.0605. The summed E-state index contributed by atoms with van der Waals surface area (Å²) in [7, 11) is 0. The number of aliphatic imine (C=N–C) groups is 1. The Morgan fingerprint density at radius 2 is 1.93 bits per heavy atom. The van der Waals surface area contributed by atoms with Crippen molar-refractivity contribution in [1.82, 2.24) is 15.1 Å². The fourth-order valence-electron chi connectivity index (χ4n) is 3.94. The van der Waals surface area contributed by atoms with E-state index in [1.54, 1.807) is 0 Å². The van der Waals surface area contributed by atoms with Gasteiger partial charge in [-0.05, 0) is 37.5 Å². The minimum absolute atomic E-state index is 0. The first-order chi connectivity index (χ1) is 14.0. The van der Waals surface area contributed by atoms with E-state index in [0.717, 1.165) is 64.0 Å². The maximum Gasteiger partial charge on any atom is 0.194 e. The van der Waals surface area contributed by atoms with Crippen molar-refractivity contribution in [2.45, 2.75) is 33.0 Å². The molecule has 8 heteroatoms. The zero-order chi connectivity index (χ0) is 20.6. The summed E-state index contributed by atoms with van der Waals surface area (Å²) in [6.07, 6.45) is -0.0117. The Labute approximate surface area is 197 Å². The van der Waals surface area contributed by atoms with Gasteiger partial charge in [-0.1, -0.05) is 19.1 Å². The summed E-state index contributed by atoms with van der Waals surface area (Å²) in [4.78, 5) is 9.66. The van der Waals surface area contributed by atoms with Crippen molar-refractivity contribution in [3.05, 3.63) is 35.6 Å². The van der Waals surface area contributed by atoms with E-state index in [1.165, 1.54) is 12.1 Å². The van der Waals surface area contributed by atoms with Crippen LogP contribution in [0.15, 0.2) is 29.3 Å². The molecule has 2 saturated heterocycles. The molecule has 30 heavy (non-hydrogen) atoms. The van der Waals surface area contributed by atoms with Crippen molar-refractivity contribution in [2.24, 2.45) is 10.9 Å². The van der Waals surface area contributed by atoms with Gasteiger partial charge in [0.25, 0.3) is 0 Å². The Bertz CT molecular complexity index is 655. The van der Waals surface area contributed by atoms with Crippen molar-refractivity contribution in [1.29, 1.82) is 0 Å². The molecule has 2 aliphatic heterocycles. The molecule has 3 rings (SSSR count). The minimum atomic E-state index is -0.223. The smallest absolute Gasteiger partial charge is 0.194 e. The number of nitrogens with zero attached hydrogens (tertiary/aromatic N) is 3. The van der Waals surface area contributed by atoms with Gasteiger partial charge in [0, 0.05) is 39.3 Å². The van der Waals surface area contributed by atoms with Crippen molar-refractivity contribution < 1.29 is 13.9 Å². The van der Waals surface area contributed by atoms with E-state index in [-0.39, 0.29) is 42.0 Å². The number of rotatable bonds is 6. The third-order valence-electron chi connectivity index (χ3n) is 5.36. The third-order valence-corrected chi connectivity index (χ3v) is 5.36. The quantitative estimate of drug-likeness (QED) is 0.346. The van der Waals surface area contributed by atoms with Gasteiger partial charge in [0.05, 0.1) is 25.9 Å². The van der Waals surface area contributed by atoms with E-state index in [4.69, 9.17) is 14.5 Å². The highest BCUT2D eigenvalue weighted by atomic mass is 127. The highest BCUT2D eigenvalue weighted by Gasteiger charge is 2.28. The van der Waals surface area contributed by atoms with Crippen LogP contribution in [0.3, 0.4) is 0 Å². The lowest BCUT2D eigenvalue weighted by Gasteiger charge is -2.39. The van der Waals surface area contributed by atoms with Crippen molar-refractivity contribution in [3.8, 4) is 0 Å². The second-order valence-corrected chi connectivity index (χ2v) is 8.10. The molecule has 0 aromatic heterocycles. The van der Waals surface area contributed by atoms with Gasteiger partial charge in [0.15, 0.2) is 5.96 Å². The van der Waals surface area contributed by atoms with Gasteiger partial charge in [-0.2, -0.15) is 0 Å². The summed E-state index contributed by atoms with van der Waals surface area (Å²) >= 11 is 0. The van der Waals surface area contributed by atoms with E-state index in [0.29, 0.717) is 12.5 Å². The normalized spacial score (nSPS) is 24.3. The fraction of sp³-hybridized carbons (Fsp3) is 0.682. The molecule has 0 radical (unpaired) electrons. The standard InChI is InChI=1S/C22H35FN4O2.HI/c1-4-24-22(25-13-17(2)14-26-9-11-28-12-10-26)27-15-18(3)29-21(16-27)19-5-7-20(23)8-6-19;/h5-8,17-18,21H,4,9-16H2,1-3H3,(H,24,25);1H. The molecule has 1 aromatic carbocycles. The molecule has 0 spiro atoms. The van der Waals surface area contributed by atoms with Crippen LogP contribution in [0, 0.1) is 11.7 Å². The van der Waals surface area contributed by atoms with Crippen LogP contribution in [-0.4, -0.2) is 80.9 Å². The van der Waals surface area contributed by atoms with E-state index >= 15 is 0 Å². The average Bonchev–Trinajstić information content (AvgIpc) is 2.72. The number of guanidine groups is 1. The molecule has 3 unspecified atom stereocenters. The Balaban J connectivity index is 0.00000320. The Kier molecular flexibility index (Phi) is 10.8. The van der Waals surface area contributed by atoms with Crippen molar-refractivity contribution in [3.63, 3.8) is 0 Å².